The number of methoxy groups -OCH3 is 1. The van der Waals surface area contributed by atoms with Crippen molar-refractivity contribution >= 4 is 23.8 Å². The highest BCUT2D eigenvalue weighted by Crippen LogP contribution is 2.18. The van der Waals surface area contributed by atoms with Crippen LogP contribution in [0.5, 0.6) is 0 Å². The van der Waals surface area contributed by atoms with Gasteiger partial charge in [0.2, 0.25) is 5.91 Å². The molecule has 0 unspecified atom stereocenters. The molecule has 1 fully saturated rings. The maximum atomic E-state index is 12.2. The number of thioether (sulfide) groups is 1. The van der Waals surface area contributed by atoms with Crippen LogP contribution in [0, 0.1) is 0 Å². The summed E-state index contributed by atoms with van der Waals surface area (Å²) in [6.45, 7) is 1.08. The third-order valence-electron chi connectivity index (χ3n) is 3.26. The van der Waals surface area contributed by atoms with Crippen LogP contribution in [0.4, 0.5) is 4.79 Å². The van der Waals surface area contributed by atoms with Gasteiger partial charge in [-0.25, -0.2) is 4.79 Å². The monoisotopic (exact) mass is 313 g/mol. The fraction of sp³-hybridized carbons (Fsp3) is 0.667. The Morgan fingerprint density at radius 1 is 1.57 bits per heavy atom. The quantitative estimate of drug-likeness (QED) is 0.611. The Kier molecular flexibility index (Phi) is 5.85. The highest BCUT2D eigenvalue weighted by molar-refractivity contribution is 7.99. The lowest BCUT2D eigenvalue weighted by Crippen LogP contribution is -2.52. The van der Waals surface area contributed by atoms with E-state index in [4.69, 9.17) is 4.74 Å². The molecule has 1 saturated heterocycles. The van der Waals surface area contributed by atoms with Gasteiger partial charge in [0, 0.05) is 18.8 Å². The number of carbonyl (C=O) groups excluding carboxylic acids is 2. The molecule has 1 aromatic heterocycles. The zero-order valence-corrected chi connectivity index (χ0v) is 12.7. The van der Waals surface area contributed by atoms with Gasteiger partial charge in [0.25, 0.3) is 0 Å². The van der Waals surface area contributed by atoms with E-state index < -0.39 is 12.1 Å². The van der Waals surface area contributed by atoms with Crippen molar-refractivity contribution in [3.63, 3.8) is 0 Å². The van der Waals surface area contributed by atoms with E-state index in [2.05, 4.69) is 20.7 Å². The number of carbonyl (C=O) groups is 2. The fourth-order valence-electron chi connectivity index (χ4n) is 2.25. The van der Waals surface area contributed by atoms with Gasteiger partial charge in [-0.2, -0.15) is 10.3 Å². The minimum absolute atomic E-state index is 0.124. The number of H-pyrrole nitrogens is 1. The molecule has 0 radical (unpaired) electrons. The molecule has 21 heavy (non-hydrogen) atoms. The van der Waals surface area contributed by atoms with Crippen molar-refractivity contribution in [1.82, 2.24) is 25.6 Å². The molecule has 0 saturated carbocycles. The lowest BCUT2D eigenvalue weighted by molar-refractivity contribution is -0.126. The summed E-state index contributed by atoms with van der Waals surface area (Å²) >= 11 is 1.50. The van der Waals surface area contributed by atoms with E-state index in [1.165, 1.54) is 23.8 Å². The van der Waals surface area contributed by atoms with E-state index in [0.717, 1.165) is 17.9 Å². The summed E-state index contributed by atoms with van der Waals surface area (Å²) in [4.78, 5) is 25.4. The van der Waals surface area contributed by atoms with Gasteiger partial charge in [0.1, 0.15) is 11.1 Å². The van der Waals surface area contributed by atoms with E-state index in [1.807, 2.05) is 0 Å². The topological polar surface area (TPSA) is 100 Å². The zero-order chi connectivity index (χ0) is 15.1. The molecule has 1 aromatic rings. The van der Waals surface area contributed by atoms with Crippen molar-refractivity contribution < 1.29 is 14.3 Å². The largest absolute Gasteiger partial charge is 0.453 e. The van der Waals surface area contributed by atoms with Crippen LogP contribution in [0.1, 0.15) is 19.3 Å². The number of nitrogens with zero attached hydrogens (tertiary/aromatic N) is 3. The summed E-state index contributed by atoms with van der Waals surface area (Å²) in [6.07, 6.45) is 3.72. The maximum Gasteiger partial charge on any atom is 0.410 e. The van der Waals surface area contributed by atoms with Crippen molar-refractivity contribution in [3.05, 3.63) is 6.20 Å². The molecular formula is C12H19N5O3S. The molecule has 1 atom stereocenters. The Morgan fingerprint density at radius 2 is 2.43 bits per heavy atom. The predicted molar refractivity (Wildman–Crippen MR) is 76.9 cm³/mol. The Bertz CT molecular complexity index is 467. The Morgan fingerprint density at radius 3 is 3.14 bits per heavy atom. The van der Waals surface area contributed by atoms with Crippen molar-refractivity contribution in [2.75, 3.05) is 26.0 Å². The van der Waals surface area contributed by atoms with Crippen LogP contribution in [0.3, 0.4) is 0 Å². The lowest BCUT2D eigenvalue weighted by Gasteiger charge is -2.33. The molecule has 9 heteroatoms. The molecule has 2 amide bonds. The molecule has 2 N–H and O–H groups in total. The summed E-state index contributed by atoms with van der Waals surface area (Å²) in [6, 6.07) is -0.428. The first-order valence-corrected chi connectivity index (χ1v) is 7.82. The first-order chi connectivity index (χ1) is 10.2. The molecule has 0 aliphatic carbocycles. The van der Waals surface area contributed by atoms with Crippen molar-refractivity contribution in [2.45, 2.75) is 30.3 Å². The molecule has 1 aliphatic heterocycles. The van der Waals surface area contributed by atoms with E-state index in [-0.39, 0.29) is 5.91 Å². The minimum atomic E-state index is -0.438. The smallest absolute Gasteiger partial charge is 0.410 e. The van der Waals surface area contributed by atoms with Gasteiger partial charge in [-0.15, -0.1) is 16.9 Å². The molecule has 1 aliphatic rings. The number of nitrogens with one attached hydrogen (secondary N) is 2. The molecule has 2 heterocycles. The van der Waals surface area contributed by atoms with Gasteiger partial charge in [0.05, 0.1) is 13.3 Å². The first-order valence-electron chi connectivity index (χ1n) is 6.83. The predicted octanol–water partition coefficient (Wildman–Crippen LogP) is 0.634. The van der Waals surface area contributed by atoms with Crippen molar-refractivity contribution in [1.29, 1.82) is 0 Å². The number of hydrogen-bond donors (Lipinski definition) is 2. The van der Waals surface area contributed by atoms with Gasteiger partial charge in [0.15, 0.2) is 0 Å². The molecule has 0 bridgehead atoms. The van der Waals surface area contributed by atoms with Gasteiger partial charge in [-0.3, -0.25) is 9.69 Å². The van der Waals surface area contributed by atoms with E-state index in [9.17, 15) is 9.59 Å². The van der Waals surface area contributed by atoms with Crippen LogP contribution >= 0.6 is 11.8 Å². The van der Waals surface area contributed by atoms with Gasteiger partial charge < -0.3 is 10.1 Å². The Hall–Kier alpha value is -1.77. The molecular weight excluding hydrogens is 294 g/mol. The van der Waals surface area contributed by atoms with Gasteiger partial charge in [-0.1, -0.05) is 0 Å². The second-order valence-corrected chi connectivity index (χ2v) is 5.74. The van der Waals surface area contributed by atoms with Crippen LogP contribution in [0.25, 0.3) is 0 Å². The number of aromatic amines is 1. The second kappa shape index (κ2) is 7.87. The number of piperidine rings is 1. The van der Waals surface area contributed by atoms with Crippen LogP contribution in [0.2, 0.25) is 0 Å². The summed E-state index contributed by atoms with van der Waals surface area (Å²) in [7, 11) is 1.33. The fourth-order valence-corrected chi connectivity index (χ4v) is 2.89. The first kappa shape index (κ1) is 15.6. The normalized spacial score (nSPS) is 18.3. The SMILES string of the molecule is COC(=O)N1CCCC[C@@H]1C(=O)NCCSc1cn[nH]n1. The summed E-state index contributed by atoms with van der Waals surface area (Å²) < 4.78 is 4.73. The van der Waals surface area contributed by atoms with Crippen molar-refractivity contribution in [3.8, 4) is 0 Å². The van der Waals surface area contributed by atoms with E-state index in [1.54, 1.807) is 6.20 Å². The summed E-state index contributed by atoms with van der Waals surface area (Å²) in [5.41, 5.74) is 0. The average molecular weight is 313 g/mol. The molecule has 116 valence electrons. The summed E-state index contributed by atoms with van der Waals surface area (Å²) in [5, 5.41) is 13.8. The number of likely N-dealkylation sites (tertiary alicyclic amines) is 1. The minimum Gasteiger partial charge on any atom is -0.453 e. The van der Waals surface area contributed by atoms with Crippen LogP contribution < -0.4 is 5.32 Å². The van der Waals surface area contributed by atoms with E-state index >= 15 is 0 Å². The number of rotatable bonds is 5. The van der Waals surface area contributed by atoms with Gasteiger partial charge in [-0.05, 0) is 19.3 Å². The van der Waals surface area contributed by atoms with E-state index in [0.29, 0.717) is 25.3 Å². The highest BCUT2D eigenvalue weighted by Gasteiger charge is 2.32. The zero-order valence-electron chi connectivity index (χ0n) is 11.9. The van der Waals surface area contributed by atoms with Crippen LogP contribution in [-0.2, 0) is 9.53 Å². The number of aromatic nitrogens is 3. The average Bonchev–Trinajstić information content (AvgIpc) is 3.04. The molecule has 8 nitrogen and oxygen atoms in total. The lowest BCUT2D eigenvalue weighted by atomic mass is 10.0. The van der Waals surface area contributed by atoms with Crippen LogP contribution in [-0.4, -0.2) is 64.3 Å². The molecule has 0 spiro atoms. The third kappa shape index (κ3) is 4.35. The standard InChI is InChI=1S/C12H19N5O3S/c1-20-12(19)17-6-3-2-4-9(17)11(18)13-5-7-21-10-8-14-16-15-10/h8-9H,2-7H2,1H3,(H,13,18)(H,14,15,16)/t9-/m1/s1. The Labute approximate surface area is 127 Å². The number of amides is 2. The second-order valence-electron chi connectivity index (χ2n) is 4.62. The maximum absolute atomic E-state index is 12.2. The molecule has 2 rings (SSSR count). The Balaban J connectivity index is 1.76. The highest BCUT2D eigenvalue weighted by atomic mass is 32.2. The van der Waals surface area contributed by atoms with Crippen molar-refractivity contribution in [2.24, 2.45) is 0 Å². The van der Waals surface area contributed by atoms with Gasteiger partial charge >= 0.3 is 6.09 Å². The number of hydrogen-bond acceptors (Lipinski definition) is 6. The summed E-state index contributed by atoms with van der Waals surface area (Å²) in [5.74, 6) is 0.573. The van der Waals surface area contributed by atoms with Crippen LogP contribution in [0.15, 0.2) is 11.2 Å². The molecule has 0 aromatic carbocycles. The number of ether oxygens (including phenoxy) is 1. The third-order valence-corrected chi connectivity index (χ3v) is 4.16.